The Kier molecular flexibility index (Phi) is 3.37. The van der Waals surface area contributed by atoms with Gasteiger partial charge >= 0.3 is 12.1 Å². The third-order valence-electron chi connectivity index (χ3n) is 3.74. The third-order valence-corrected chi connectivity index (χ3v) is 3.74. The first-order valence-corrected chi connectivity index (χ1v) is 5.33. The van der Waals surface area contributed by atoms with E-state index in [4.69, 9.17) is 0 Å². The normalized spacial score (nSPS) is 28.5. The number of alkyl carbamates (subject to hydrolysis) is 1. The Balaban J connectivity index is 2.65. The van der Waals surface area contributed by atoms with Gasteiger partial charge in [0.1, 0.15) is 0 Å². The maximum atomic E-state index is 11.7. The minimum absolute atomic E-state index is 0.0783. The van der Waals surface area contributed by atoms with Crippen molar-refractivity contribution in [3.8, 4) is 0 Å². The lowest BCUT2D eigenvalue weighted by Gasteiger charge is -2.29. The summed E-state index contributed by atoms with van der Waals surface area (Å²) in [6.07, 6.45) is 1.15. The lowest BCUT2D eigenvalue weighted by molar-refractivity contribution is -0.145. The van der Waals surface area contributed by atoms with E-state index in [-0.39, 0.29) is 11.3 Å². The second-order valence-electron chi connectivity index (χ2n) is 4.81. The van der Waals surface area contributed by atoms with E-state index >= 15 is 0 Å². The highest BCUT2D eigenvalue weighted by molar-refractivity contribution is 5.86. The van der Waals surface area contributed by atoms with Crippen LogP contribution in [0.4, 0.5) is 4.79 Å². The first-order valence-electron chi connectivity index (χ1n) is 5.33. The topological polar surface area (TPSA) is 55.4 Å². The van der Waals surface area contributed by atoms with Crippen LogP contribution in [-0.2, 0) is 9.53 Å². The lowest BCUT2D eigenvalue weighted by Crippen LogP contribution is -2.34. The van der Waals surface area contributed by atoms with Gasteiger partial charge in [-0.1, -0.05) is 20.8 Å². The molecule has 0 aromatic carbocycles. The minimum Gasteiger partial charge on any atom is -0.376 e. The quantitative estimate of drug-likeness (QED) is 0.535. The van der Waals surface area contributed by atoms with Crippen molar-refractivity contribution < 1.29 is 14.3 Å². The largest absolute Gasteiger partial charge is 0.414 e. The maximum absolute atomic E-state index is 11.7. The predicted octanol–water partition coefficient (Wildman–Crippen LogP) is 1.94. The van der Waals surface area contributed by atoms with Gasteiger partial charge in [0.25, 0.3) is 0 Å². The van der Waals surface area contributed by atoms with Gasteiger partial charge in [-0.3, -0.25) is 4.79 Å². The molecular weight excluding hydrogens is 194 g/mol. The Morgan fingerprint density at radius 2 is 1.93 bits per heavy atom. The van der Waals surface area contributed by atoms with Crippen LogP contribution in [0.2, 0.25) is 0 Å². The van der Waals surface area contributed by atoms with Gasteiger partial charge < -0.3 is 10.1 Å². The van der Waals surface area contributed by atoms with Crippen LogP contribution < -0.4 is 5.32 Å². The molecule has 0 unspecified atom stereocenters. The van der Waals surface area contributed by atoms with Crippen molar-refractivity contribution in [2.24, 2.45) is 17.3 Å². The minimum atomic E-state index is -0.671. The SMILES string of the molecule is CNC(=O)OC(=O)[C@@H]1CC[C@H](C)C1(C)C. The van der Waals surface area contributed by atoms with Crippen molar-refractivity contribution >= 4 is 12.1 Å². The smallest absolute Gasteiger partial charge is 0.376 e. The average molecular weight is 213 g/mol. The number of hydrogen-bond acceptors (Lipinski definition) is 3. The molecule has 1 amide bonds. The van der Waals surface area contributed by atoms with Gasteiger partial charge in [-0.2, -0.15) is 0 Å². The van der Waals surface area contributed by atoms with Gasteiger partial charge in [0.15, 0.2) is 0 Å². The molecule has 1 fully saturated rings. The third kappa shape index (κ3) is 2.30. The molecule has 1 aliphatic carbocycles. The van der Waals surface area contributed by atoms with E-state index in [1.165, 1.54) is 7.05 Å². The van der Waals surface area contributed by atoms with Crippen LogP contribution >= 0.6 is 0 Å². The Hall–Kier alpha value is -1.06. The highest BCUT2D eigenvalue weighted by Gasteiger charge is 2.45. The van der Waals surface area contributed by atoms with Crippen molar-refractivity contribution in [2.45, 2.75) is 33.6 Å². The summed E-state index contributed by atoms with van der Waals surface area (Å²) >= 11 is 0. The number of esters is 1. The zero-order chi connectivity index (χ0) is 11.6. The van der Waals surface area contributed by atoms with E-state index in [2.05, 4.69) is 30.8 Å². The molecule has 0 radical (unpaired) electrons. The van der Waals surface area contributed by atoms with Gasteiger partial charge in [0.2, 0.25) is 0 Å². The number of carbonyl (C=O) groups is 2. The molecule has 0 spiro atoms. The van der Waals surface area contributed by atoms with E-state index < -0.39 is 12.1 Å². The number of nitrogens with one attached hydrogen (secondary N) is 1. The second kappa shape index (κ2) is 4.21. The molecule has 1 rings (SSSR count). The van der Waals surface area contributed by atoms with Crippen LogP contribution in [0.15, 0.2) is 0 Å². The summed E-state index contributed by atoms with van der Waals surface area (Å²) in [5.41, 5.74) is -0.0783. The highest BCUT2D eigenvalue weighted by atomic mass is 16.6. The molecule has 4 heteroatoms. The molecule has 1 N–H and O–H groups in total. The molecule has 0 aromatic heterocycles. The summed E-state index contributed by atoms with van der Waals surface area (Å²) in [6.45, 7) is 6.24. The summed E-state index contributed by atoms with van der Waals surface area (Å²) in [5, 5.41) is 2.28. The van der Waals surface area contributed by atoms with E-state index in [9.17, 15) is 9.59 Å². The van der Waals surface area contributed by atoms with Gasteiger partial charge in [0.05, 0.1) is 5.92 Å². The van der Waals surface area contributed by atoms with Crippen LogP contribution in [0.25, 0.3) is 0 Å². The molecule has 0 aromatic rings. The Morgan fingerprint density at radius 3 is 2.33 bits per heavy atom. The zero-order valence-corrected chi connectivity index (χ0v) is 9.79. The molecule has 1 saturated carbocycles. The average Bonchev–Trinajstić information content (AvgIpc) is 2.41. The fourth-order valence-electron chi connectivity index (χ4n) is 2.14. The molecule has 0 bridgehead atoms. The molecule has 1 aliphatic rings. The lowest BCUT2D eigenvalue weighted by atomic mass is 9.76. The summed E-state index contributed by atoms with van der Waals surface area (Å²) in [4.78, 5) is 22.6. The Morgan fingerprint density at radius 1 is 1.33 bits per heavy atom. The summed E-state index contributed by atoms with van der Waals surface area (Å²) in [5.74, 6) is -0.0757. The van der Waals surface area contributed by atoms with Crippen LogP contribution in [0.5, 0.6) is 0 Å². The fraction of sp³-hybridized carbons (Fsp3) is 0.818. The fourth-order valence-corrected chi connectivity index (χ4v) is 2.14. The van der Waals surface area contributed by atoms with Crippen molar-refractivity contribution in [3.63, 3.8) is 0 Å². The second-order valence-corrected chi connectivity index (χ2v) is 4.81. The Bertz CT molecular complexity index is 273. The van der Waals surface area contributed by atoms with Crippen LogP contribution in [0.1, 0.15) is 33.6 Å². The van der Waals surface area contributed by atoms with Crippen molar-refractivity contribution in [1.82, 2.24) is 5.32 Å². The number of ether oxygens (including phenoxy) is 1. The van der Waals surface area contributed by atoms with Crippen LogP contribution in [-0.4, -0.2) is 19.1 Å². The zero-order valence-electron chi connectivity index (χ0n) is 9.79. The van der Waals surface area contributed by atoms with Crippen molar-refractivity contribution in [2.75, 3.05) is 7.05 Å². The van der Waals surface area contributed by atoms with Gasteiger partial charge in [-0.05, 0) is 24.2 Å². The monoisotopic (exact) mass is 213 g/mol. The molecule has 2 atom stereocenters. The molecule has 0 aliphatic heterocycles. The number of amides is 1. The molecule has 0 saturated heterocycles. The van der Waals surface area contributed by atoms with Gasteiger partial charge in [-0.15, -0.1) is 0 Å². The van der Waals surface area contributed by atoms with Crippen molar-refractivity contribution in [1.29, 1.82) is 0 Å². The first kappa shape index (κ1) is 12.0. The van der Waals surface area contributed by atoms with Gasteiger partial charge in [-0.25, -0.2) is 4.79 Å². The van der Waals surface area contributed by atoms with E-state index in [1.807, 2.05) is 0 Å². The number of hydrogen-bond donors (Lipinski definition) is 1. The molecule has 15 heavy (non-hydrogen) atoms. The summed E-state index contributed by atoms with van der Waals surface area (Å²) in [7, 11) is 1.44. The van der Waals surface area contributed by atoms with E-state index in [1.54, 1.807) is 0 Å². The van der Waals surface area contributed by atoms with Crippen LogP contribution in [0.3, 0.4) is 0 Å². The number of rotatable bonds is 1. The Labute approximate surface area is 90.4 Å². The summed E-state index contributed by atoms with van der Waals surface area (Å²) < 4.78 is 4.68. The molecule has 0 heterocycles. The first-order chi connectivity index (χ1) is 6.89. The van der Waals surface area contributed by atoms with Gasteiger partial charge in [0, 0.05) is 7.05 Å². The van der Waals surface area contributed by atoms with Crippen molar-refractivity contribution in [3.05, 3.63) is 0 Å². The maximum Gasteiger partial charge on any atom is 0.414 e. The number of carbonyl (C=O) groups excluding carboxylic acids is 2. The highest BCUT2D eigenvalue weighted by Crippen LogP contribution is 2.47. The predicted molar refractivity (Wildman–Crippen MR) is 56.2 cm³/mol. The summed E-state index contributed by atoms with van der Waals surface area (Å²) in [6, 6.07) is 0. The standard InChI is InChI=1S/C11H19NO3/c1-7-5-6-8(11(7,2)3)9(13)15-10(14)12-4/h7-8H,5-6H2,1-4H3,(H,12,14)/t7-,8-/m0/s1. The van der Waals surface area contributed by atoms with E-state index in [0.717, 1.165) is 12.8 Å². The molecular formula is C11H19NO3. The molecule has 4 nitrogen and oxygen atoms in total. The van der Waals surface area contributed by atoms with E-state index in [0.29, 0.717) is 5.92 Å². The van der Waals surface area contributed by atoms with Crippen LogP contribution in [0, 0.1) is 17.3 Å². The molecule has 86 valence electrons.